The van der Waals surface area contributed by atoms with E-state index in [0.717, 1.165) is 28.3 Å². The van der Waals surface area contributed by atoms with E-state index in [1.165, 1.54) is 0 Å². The first-order chi connectivity index (χ1) is 8.06. The van der Waals surface area contributed by atoms with Crippen molar-refractivity contribution in [2.75, 3.05) is 0 Å². The fraction of sp³-hybridized carbons (Fsp3) is 0.308. The number of aryl methyl sites for hydroxylation is 1. The van der Waals surface area contributed by atoms with Crippen LogP contribution in [0.15, 0.2) is 30.6 Å². The van der Waals surface area contributed by atoms with Gasteiger partial charge in [0.15, 0.2) is 0 Å². The smallest absolute Gasteiger partial charge is 0.0679 e. The van der Waals surface area contributed by atoms with Gasteiger partial charge in [-0.15, -0.1) is 0 Å². The first-order valence-corrected chi connectivity index (χ1v) is 5.99. The second-order valence-corrected chi connectivity index (χ2v) is 4.85. The van der Waals surface area contributed by atoms with Crippen LogP contribution in [0, 0.1) is 6.92 Å². The van der Waals surface area contributed by atoms with Crippen LogP contribution < -0.4 is 5.73 Å². The van der Waals surface area contributed by atoms with E-state index in [0.29, 0.717) is 0 Å². The second-order valence-electron chi connectivity index (χ2n) is 4.42. The third-order valence-corrected chi connectivity index (χ3v) is 2.78. The van der Waals surface area contributed by atoms with Gasteiger partial charge >= 0.3 is 0 Å². The molecule has 2 aromatic rings. The quantitative estimate of drug-likeness (QED) is 0.909. The Morgan fingerprint density at radius 3 is 2.82 bits per heavy atom. The summed E-state index contributed by atoms with van der Waals surface area (Å²) < 4.78 is 1.86. The van der Waals surface area contributed by atoms with E-state index in [4.69, 9.17) is 17.3 Å². The van der Waals surface area contributed by atoms with Crippen molar-refractivity contribution in [1.82, 2.24) is 9.78 Å². The van der Waals surface area contributed by atoms with Gasteiger partial charge in [-0.3, -0.25) is 0 Å². The van der Waals surface area contributed by atoms with Crippen molar-refractivity contribution >= 4 is 11.6 Å². The van der Waals surface area contributed by atoms with Crippen LogP contribution in [0.1, 0.15) is 18.1 Å². The molecular weight excluding hydrogens is 234 g/mol. The number of hydrogen-bond acceptors (Lipinski definition) is 2. The summed E-state index contributed by atoms with van der Waals surface area (Å²) in [6, 6.07) is 5.91. The average molecular weight is 250 g/mol. The van der Waals surface area contributed by atoms with Crippen molar-refractivity contribution in [3.8, 4) is 5.69 Å². The third-order valence-electron chi connectivity index (χ3n) is 2.54. The second kappa shape index (κ2) is 4.90. The maximum Gasteiger partial charge on any atom is 0.0679 e. The summed E-state index contributed by atoms with van der Waals surface area (Å²) in [7, 11) is 0. The molecule has 2 N–H and O–H groups in total. The molecule has 1 heterocycles. The van der Waals surface area contributed by atoms with Crippen LogP contribution in [-0.4, -0.2) is 15.8 Å². The molecule has 1 aromatic carbocycles. The molecule has 1 aromatic heterocycles. The van der Waals surface area contributed by atoms with Gasteiger partial charge in [-0.05, 0) is 49.6 Å². The largest absolute Gasteiger partial charge is 0.328 e. The summed E-state index contributed by atoms with van der Waals surface area (Å²) >= 11 is 6.02. The molecule has 0 saturated carbocycles. The Morgan fingerprint density at radius 1 is 1.47 bits per heavy atom. The van der Waals surface area contributed by atoms with Crippen molar-refractivity contribution < 1.29 is 0 Å². The molecule has 0 spiro atoms. The highest BCUT2D eigenvalue weighted by molar-refractivity contribution is 6.30. The summed E-state index contributed by atoms with van der Waals surface area (Å²) in [6.07, 6.45) is 4.62. The summed E-state index contributed by atoms with van der Waals surface area (Å²) in [5, 5.41) is 5.05. The van der Waals surface area contributed by atoms with E-state index in [2.05, 4.69) is 5.10 Å². The lowest BCUT2D eigenvalue weighted by atomic mass is 10.1. The summed E-state index contributed by atoms with van der Waals surface area (Å²) in [4.78, 5) is 0. The molecule has 0 fully saturated rings. The van der Waals surface area contributed by atoms with Crippen molar-refractivity contribution in [3.63, 3.8) is 0 Å². The van der Waals surface area contributed by atoms with E-state index >= 15 is 0 Å². The number of aromatic nitrogens is 2. The Bertz CT molecular complexity index is 517. The lowest BCUT2D eigenvalue weighted by Crippen LogP contribution is -2.19. The molecule has 0 amide bonds. The number of nitrogens with zero attached hydrogens (tertiary/aromatic N) is 2. The molecule has 4 heteroatoms. The first-order valence-electron chi connectivity index (χ1n) is 5.62. The first kappa shape index (κ1) is 12.1. The molecule has 90 valence electrons. The van der Waals surface area contributed by atoms with Gasteiger partial charge < -0.3 is 5.73 Å². The van der Waals surface area contributed by atoms with Crippen LogP contribution in [0.2, 0.25) is 5.02 Å². The molecule has 3 nitrogen and oxygen atoms in total. The minimum atomic E-state index is 0.101. The van der Waals surface area contributed by atoms with Crippen LogP contribution in [0.4, 0.5) is 0 Å². The Kier molecular flexibility index (Phi) is 3.50. The van der Waals surface area contributed by atoms with Gasteiger partial charge in [0.25, 0.3) is 0 Å². The highest BCUT2D eigenvalue weighted by Crippen LogP contribution is 2.20. The Balaban J connectivity index is 2.45. The van der Waals surface area contributed by atoms with Crippen molar-refractivity contribution in [1.29, 1.82) is 0 Å². The molecule has 0 bridgehead atoms. The maximum absolute atomic E-state index is 6.02. The normalized spacial score (nSPS) is 12.7. The molecule has 1 atom stereocenters. The minimum Gasteiger partial charge on any atom is -0.328 e. The minimum absolute atomic E-state index is 0.101. The van der Waals surface area contributed by atoms with E-state index in [9.17, 15) is 0 Å². The summed E-state index contributed by atoms with van der Waals surface area (Å²) in [6.45, 7) is 4.00. The molecule has 0 aliphatic rings. The van der Waals surface area contributed by atoms with Crippen LogP contribution in [-0.2, 0) is 6.42 Å². The summed E-state index contributed by atoms with van der Waals surface area (Å²) in [5.74, 6) is 0. The Morgan fingerprint density at radius 2 is 2.24 bits per heavy atom. The Labute approximate surface area is 106 Å². The SMILES string of the molecule is Cc1cnn(-c2ccc(Cl)cc2CC(C)N)c1. The number of benzene rings is 1. The van der Waals surface area contributed by atoms with E-state index in [-0.39, 0.29) is 6.04 Å². The zero-order chi connectivity index (χ0) is 12.4. The predicted molar refractivity (Wildman–Crippen MR) is 70.7 cm³/mol. The zero-order valence-electron chi connectivity index (χ0n) is 10.0. The fourth-order valence-corrected chi connectivity index (χ4v) is 2.03. The average Bonchev–Trinajstić information content (AvgIpc) is 2.64. The van der Waals surface area contributed by atoms with Gasteiger partial charge in [0.05, 0.1) is 11.9 Å². The molecule has 0 radical (unpaired) electrons. The van der Waals surface area contributed by atoms with E-state index < -0.39 is 0 Å². The van der Waals surface area contributed by atoms with Crippen molar-refractivity contribution in [3.05, 3.63) is 46.7 Å². The fourth-order valence-electron chi connectivity index (χ4n) is 1.83. The molecule has 0 aliphatic heterocycles. The van der Waals surface area contributed by atoms with E-state index in [1.54, 1.807) is 0 Å². The van der Waals surface area contributed by atoms with Gasteiger partial charge in [0, 0.05) is 17.3 Å². The lowest BCUT2D eigenvalue weighted by molar-refractivity contribution is 0.727. The van der Waals surface area contributed by atoms with Crippen LogP contribution in [0.5, 0.6) is 0 Å². The van der Waals surface area contributed by atoms with Gasteiger partial charge in [0.2, 0.25) is 0 Å². The topological polar surface area (TPSA) is 43.8 Å². The highest BCUT2D eigenvalue weighted by atomic mass is 35.5. The van der Waals surface area contributed by atoms with Crippen LogP contribution >= 0.6 is 11.6 Å². The molecular formula is C13H16ClN3. The zero-order valence-corrected chi connectivity index (χ0v) is 10.8. The number of rotatable bonds is 3. The molecule has 0 saturated heterocycles. The Hall–Kier alpha value is -1.32. The van der Waals surface area contributed by atoms with Gasteiger partial charge in [-0.1, -0.05) is 11.6 Å². The number of hydrogen-bond donors (Lipinski definition) is 1. The summed E-state index contributed by atoms with van der Waals surface area (Å²) in [5.41, 5.74) is 9.15. The highest BCUT2D eigenvalue weighted by Gasteiger charge is 2.08. The molecule has 0 aliphatic carbocycles. The third kappa shape index (κ3) is 2.87. The van der Waals surface area contributed by atoms with Crippen molar-refractivity contribution in [2.45, 2.75) is 26.3 Å². The monoisotopic (exact) mass is 249 g/mol. The maximum atomic E-state index is 6.02. The lowest BCUT2D eigenvalue weighted by Gasteiger charge is -2.12. The van der Waals surface area contributed by atoms with Crippen molar-refractivity contribution in [2.24, 2.45) is 5.73 Å². The molecule has 1 unspecified atom stereocenters. The van der Waals surface area contributed by atoms with E-state index in [1.807, 2.05) is 49.1 Å². The van der Waals surface area contributed by atoms with Gasteiger partial charge in [0.1, 0.15) is 0 Å². The molecule has 17 heavy (non-hydrogen) atoms. The number of halogens is 1. The molecule has 2 rings (SSSR count). The number of nitrogens with two attached hydrogens (primary N) is 1. The van der Waals surface area contributed by atoms with Crippen LogP contribution in [0.25, 0.3) is 5.69 Å². The predicted octanol–water partition coefficient (Wildman–Crippen LogP) is 2.72. The van der Waals surface area contributed by atoms with Gasteiger partial charge in [-0.2, -0.15) is 5.10 Å². The van der Waals surface area contributed by atoms with Gasteiger partial charge in [-0.25, -0.2) is 4.68 Å². The standard InChI is InChI=1S/C13H16ClN3/c1-9-7-16-17(8-9)13-4-3-12(14)6-11(13)5-10(2)15/h3-4,6-8,10H,5,15H2,1-2H3. The van der Waals surface area contributed by atoms with Crippen LogP contribution in [0.3, 0.4) is 0 Å².